The van der Waals surface area contributed by atoms with Crippen LogP contribution >= 0.6 is 0 Å². The van der Waals surface area contributed by atoms with Crippen LogP contribution in [0.2, 0.25) is 0 Å². The third-order valence-electron chi connectivity index (χ3n) is 3.95. The van der Waals surface area contributed by atoms with E-state index < -0.39 is 0 Å². The van der Waals surface area contributed by atoms with Gasteiger partial charge in [0.15, 0.2) is 0 Å². The van der Waals surface area contributed by atoms with Crippen molar-refractivity contribution in [1.82, 2.24) is 14.3 Å². The van der Waals surface area contributed by atoms with Crippen molar-refractivity contribution >= 4 is 17.6 Å². The van der Waals surface area contributed by atoms with Crippen molar-refractivity contribution in [1.29, 1.82) is 0 Å². The summed E-state index contributed by atoms with van der Waals surface area (Å²) in [7, 11) is 0. The van der Waals surface area contributed by atoms with Crippen LogP contribution in [0.15, 0.2) is 71.8 Å². The summed E-state index contributed by atoms with van der Waals surface area (Å²) in [5.74, 6) is -0.309. The van der Waals surface area contributed by atoms with Gasteiger partial charge in [-0.3, -0.25) is 14.0 Å². The summed E-state index contributed by atoms with van der Waals surface area (Å²) < 4.78 is 1.39. The molecule has 0 saturated carbocycles. The van der Waals surface area contributed by atoms with Gasteiger partial charge in [-0.15, -0.1) is 0 Å². The number of rotatable bonds is 5. The quantitative estimate of drug-likeness (QED) is 0.721. The van der Waals surface area contributed by atoms with Crippen molar-refractivity contribution in [2.45, 2.75) is 6.92 Å². The molecule has 0 radical (unpaired) electrons. The molecule has 2 aromatic heterocycles. The Kier molecular flexibility index (Phi) is 5.04. The van der Waals surface area contributed by atoms with E-state index in [1.807, 2.05) is 49.4 Å². The molecule has 1 amide bonds. The molecular formula is C20H19N3O2. The van der Waals surface area contributed by atoms with Crippen molar-refractivity contribution in [3.63, 3.8) is 0 Å². The second-order valence-electron chi connectivity index (χ2n) is 5.56. The Balaban J connectivity index is 1.82. The molecule has 1 aromatic carbocycles. The fourth-order valence-electron chi connectivity index (χ4n) is 2.58. The molecule has 25 heavy (non-hydrogen) atoms. The predicted molar refractivity (Wildman–Crippen MR) is 98.5 cm³/mol. The first-order valence-electron chi connectivity index (χ1n) is 8.18. The molecule has 0 aliphatic rings. The van der Waals surface area contributed by atoms with E-state index in [1.54, 1.807) is 29.3 Å². The molecule has 5 nitrogen and oxygen atoms in total. The molecule has 0 fully saturated rings. The summed E-state index contributed by atoms with van der Waals surface area (Å²) in [6.07, 6.45) is 6.86. The first-order chi connectivity index (χ1) is 12.2. The molecule has 0 unspecified atom stereocenters. The number of amides is 1. The largest absolute Gasteiger partial charge is 0.335 e. The number of carbonyl (C=O) groups excluding carboxylic acids is 1. The Bertz CT molecular complexity index is 961. The molecule has 0 bridgehead atoms. The van der Waals surface area contributed by atoms with Gasteiger partial charge < -0.3 is 4.90 Å². The summed E-state index contributed by atoms with van der Waals surface area (Å²) in [6.45, 7) is 2.83. The number of likely N-dealkylation sites (N-methyl/N-ethyl adjacent to an activating group) is 1. The Morgan fingerprint density at radius 3 is 2.68 bits per heavy atom. The van der Waals surface area contributed by atoms with E-state index >= 15 is 0 Å². The first-order valence-corrected chi connectivity index (χ1v) is 8.18. The van der Waals surface area contributed by atoms with E-state index in [9.17, 15) is 9.59 Å². The van der Waals surface area contributed by atoms with Crippen molar-refractivity contribution in [3.05, 3.63) is 88.5 Å². The van der Waals surface area contributed by atoms with Crippen LogP contribution in [0.1, 0.15) is 22.8 Å². The zero-order valence-corrected chi connectivity index (χ0v) is 14.0. The van der Waals surface area contributed by atoms with Gasteiger partial charge in [0.2, 0.25) is 0 Å². The monoisotopic (exact) mass is 333 g/mol. The molecule has 0 N–H and O–H groups in total. The lowest BCUT2D eigenvalue weighted by Crippen LogP contribution is -2.36. The fraction of sp³-hybridized carbons (Fsp3) is 0.150. The number of hydrogen-bond donors (Lipinski definition) is 0. The summed E-state index contributed by atoms with van der Waals surface area (Å²) in [5.41, 5.74) is 1.33. The maximum Gasteiger partial charge on any atom is 0.270 e. The Labute approximate surface area is 145 Å². The average molecular weight is 333 g/mol. The number of nitrogens with zero attached hydrogens (tertiary/aromatic N) is 3. The van der Waals surface area contributed by atoms with Crippen LogP contribution in [0.25, 0.3) is 11.7 Å². The molecule has 0 atom stereocenters. The topological polar surface area (TPSA) is 54.7 Å². The van der Waals surface area contributed by atoms with Crippen LogP contribution in [0.3, 0.4) is 0 Å². The molecule has 3 aromatic rings. The van der Waals surface area contributed by atoms with E-state index in [1.165, 1.54) is 10.6 Å². The molecule has 5 heteroatoms. The van der Waals surface area contributed by atoms with Crippen molar-refractivity contribution < 1.29 is 4.79 Å². The molecule has 0 aliphatic heterocycles. The maximum atomic E-state index is 12.7. The molecule has 2 heterocycles. The summed E-state index contributed by atoms with van der Waals surface area (Å²) in [4.78, 5) is 31.1. The zero-order valence-electron chi connectivity index (χ0n) is 14.0. The lowest BCUT2D eigenvalue weighted by molar-refractivity contribution is 0.0780. The van der Waals surface area contributed by atoms with Gasteiger partial charge >= 0.3 is 0 Å². The van der Waals surface area contributed by atoms with Crippen LogP contribution in [-0.2, 0) is 0 Å². The lowest BCUT2D eigenvalue weighted by Gasteiger charge is -2.18. The number of pyridine rings is 1. The minimum Gasteiger partial charge on any atom is -0.335 e. The van der Waals surface area contributed by atoms with Gasteiger partial charge in [0.1, 0.15) is 11.2 Å². The predicted octanol–water partition coefficient (Wildman–Crippen LogP) is 2.87. The van der Waals surface area contributed by atoms with Crippen LogP contribution in [0, 0.1) is 0 Å². The summed E-state index contributed by atoms with van der Waals surface area (Å²) in [5, 5.41) is 0. The van der Waals surface area contributed by atoms with E-state index in [0.717, 1.165) is 5.56 Å². The van der Waals surface area contributed by atoms with Gasteiger partial charge in [0.05, 0.1) is 0 Å². The van der Waals surface area contributed by atoms with Gasteiger partial charge in [0, 0.05) is 25.5 Å². The zero-order chi connectivity index (χ0) is 17.6. The SMILES string of the molecule is CCN(C/C=C/c1ccccc1)C(=O)c1cnc2ccccn2c1=O. The Morgan fingerprint density at radius 1 is 1.16 bits per heavy atom. The highest BCUT2D eigenvalue weighted by molar-refractivity contribution is 5.93. The van der Waals surface area contributed by atoms with Crippen molar-refractivity contribution in [2.24, 2.45) is 0 Å². The molecule has 126 valence electrons. The van der Waals surface area contributed by atoms with Gasteiger partial charge in [-0.25, -0.2) is 4.98 Å². The van der Waals surface area contributed by atoms with Crippen LogP contribution in [0.5, 0.6) is 0 Å². The average Bonchev–Trinajstić information content (AvgIpc) is 2.66. The van der Waals surface area contributed by atoms with Crippen LogP contribution in [0.4, 0.5) is 0 Å². The Hall–Kier alpha value is -3.21. The highest BCUT2D eigenvalue weighted by Crippen LogP contribution is 2.05. The highest BCUT2D eigenvalue weighted by Gasteiger charge is 2.18. The maximum absolute atomic E-state index is 12.7. The van der Waals surface area contributed by atoms with Crippen LogP contribution in [-0.4, -0.2) is 33.3 Å². The lowest BCUT2D eigenvalue weighted by atomic mass is 10.2. The molecule has 3 rings (SSSR count). The molecule has 0 spiro atoms. The van der Waals surface area contributed by atoms with Crippen molar-refractivity contribution in [2.75, 3.05) is 13.1 Å². The number of hydrogen-bond acceptors (Lipinski definition) is 3. The van der Waals surface area contributed by atoms with E-state index in [-0.39, 0.29) is 17.0 Å². The number of benzene rings is 1. The normalized spacial score (nSPS) is 11.1. The fourth-order valence-corrected chi connectivity index (χ4v) is 2.58. The summed E-state index contributed by atoms with van der Waals surface area (Å²) >= 11 is 0. The van der Waals surface area contributed by atoms with E-state index in [0.29, 0.717) is 18.7 Å². The number of fused-ring (bicyclic) bond motifs is 1. The smallest absolute Gasteiger partial charge is 0.270 e. The second-order valence-corrected chi connectivity index (χ2v) is 5.56. The Morgan fingerprint density at radius 2 is 1.92 bits per heavy atom. The number of carbonyl (C=O) groups is 1. The van der Waals surface area contributed by atoms with E-state index in [4.69, 9.17) is 0 Å². The third kappa shape index (κ3) is 3.66. The molecule has 0 aliphatic carbocycles. The standard InChI is InChI=1S/C20H19N3O2/c1-2-22(13-8-11-16-9-4-3-5-10-16)19(24)17-15-21-18-12-6-7-14-23(18)20(17)25/h3-12,14-15H,2,13H2,1H3/b11-8+. The minimum absolute atomic E-state index is 0.0821. The van der Waals surface area contributed by atoms with Crippen LogP contribution < -0.4 is 5.56 Å². The molecular weight excluding hydrogens is 314 g/mol. The number of aromatic nitrogens is 2. The molecule has 0 saturated heterocycles. The van der Waals surface area contributed by atoms with Gasteiger partial charge in [0.25, 0.3) is 11.5 Å². The minimum atomic E-state index is -0.346. The van der Waals surface area contributed by atoms with Gasteiger partial charge in [-0.2, -0.15) is 0 Å². The summed E-state index contributed by atoms with van der Waals surface area (Å²) in [6, 6.07) is 15.1. The highest BCUT2D eigenvalue weighted by atomic mass is 16.2. The van der Waals surface area contributed by atoms with Gasteiger partial charge in [-0.05, 0) is 24.6 Å². The van der Waals surface area contributed by atoms with Gasteiger partial charge in [-0.1, -0.05) is 48.6 Å². The van der Waals surface area contributed by atoms with Crippen molar-refractivity contribution in [3.8, 4) is 0 Å². The first kappa shape index (κ1) is 16.6. The second kappa shape index (κ2) is 7.57. The third-order valence-corrected chi connectivity index (χ3v) is 3.95. The van der Waals surface area contributed by atoms with E-state index in [2.05, 4.69) is 4.98 Å².